The molecule has 1 aromatic rings. The number of ether oxygens (including phenoxy) is 1. The van der Waals surface area contributed by atoms with Gasteiger partial charge in [-0.2, -0.15) is 11.8 Å². The minimum atomic E-state index is 0.528. The number of methoxy groups -OCH3 is 1. The van der Waals surface area contributed by atoms with Gasteiger partial charge in [0.25, 0.3) is 0 Å². The Hall–Kier alpha value is -0.0800. The lowest BCUT2D eigenvalue weighted by Gasteiger charge is -2.11. The molecule has 0 atom stereocenters. The van der Waals surface area contributed by atoms with Crippen molar-refractivity contribution in [1.29, 1.82) is 0 Å². The smallest absolute Gasteiger partial charge is 0.143 e. The number of nitrogens with zero attached hydrogens (tertiary/aromatic N) is 2. The van der Waals surface area contributed by atoms with Crippen LogP contribution in [0.25, 0.3) is 0 Å². The van der Waals surface area contributed by atoms with Gasteiger partial charge in [-0.05, 0) is 35.8 Å². The van der Waals surface area contributed by atoms with Gasteiger partial charge in [0.1, 0.15) is 11.6 Å². The number of rotatable bonds is 6. The summed E-state index contributed by atoms with van der Waals surface area (Å²) in [6.45, 7) is 3.45. The fourth-order valence-electron chi connectivity index (χ4n) is 1.26. The molecule has 6 heteroatoms. The minimum Gasteiger partial charge on any atom is -0.378 e. The van der Waals surface area contributed by atoms with Crippen LogP contribution in [-0.2, 0) is 17.1 Å². The lowest BCUT2D eigenvalue weighted by Crippen LogP contribution is -2.09. The number of thioether (sulfide) groups is 1. The highest BCUT2D eigenvalue weighted by Crippen LogP contribution is 2.21. The Morgan fingerprint density at radius 1 is 1.44 bits per heavy atom. The van der Waals surface area contributed by atoms with E-state index in [1.807, 2.05) is 6.26 Å². The van der Waals surface area contributed by atoms with Gasteiger partial charge in [-0.25, -0.2) is 9.97 Å². The van der Waals surface area contributed by atoms with Crippen LogP contribution >= 0.6 is 34.4 Å². The van der Waals surface area contributed by atoms with Crippen molar-refractivity contribution in [3.63, 3.8) is 0 Å². The minimum absolute atomic E-state index is 0.528. The van der Waals surface area contributed by atoms with Crippen LogP contribution in [-0.4, -0.2) is 29.9 Å². The Labute approximate surface area is 114 Å². The summed E-state index contributed by atoms with van der Waals surface area (Å²) in [6, 6.07) is 0. The van der Waals surface area contributed by atoms with E-state index in [9.17, 15) is 0 Å². The van der Waals surface area contributed by atoms with Crippen molar-refractivity contribution in [1.82, 2.24) is 9.97 Å². The largest absolute Gasteiger partial charge is 0.378 e. The highest BCUT2D eigenvalue weighted by Gasteiger charge is 2.11. The van der Waals surface area contributed by atoms with E-state index < -0.39 is 0 Å². The van der Waals surface area contributed by atoms with E-state index >= 15 is 0 Å². The van der Waals surface area contributed by atoms with Gasteiger partial charge >= 0.3 is 0 Å². The number of nitrogens with one attached hydrogen (secondary N) is 1. The number of hydrogen-bond acceptors (Lipinski definition) is 5. The molecule has 0 aliphatic rings. The molecule has 0 fully saturated rings. The van der Waals surface area contributed by atoms with E-state index in [1.54, 1.807) is 18.9 Å². The van der Waals surface area contributed by atoms with Gasteiger partial charge in [0.2, 0.25) is 0 Å². The van der Waals surface area contributed by atoms with Crippen LogP contribution in [0.1, 0.15) is 18.4 Å². The molecule has 1 heterocycles. The van der Waals surface area contributed by atoms with E-state index in [0.29, 0.717) is 6.61 Å². The number of hydrogen-bond donors (Lipinski definition) is 1. The number of anilines is 1. The van der Waals surface area contributed by atoms with Crippen LogP contribution in [0.2, 0.25) is 0 Å². The van der Waals surface area contributed by atoms with Gasteiger partial charge in [0.15, 0.2) is 0 Å². The van der Waals surface area contributed by atoms with Crippen molar-refractivity contribution >= 4 is 40.2 Å². The third kappa shape index (κ3) is 3.74. The lowest BCUT2D eigenvalue weighted by molar-refractivity contribution is 0.180. The highest BCUT2D eigenvalue weighted by atomic mass is 127. The molecule has 1 aromatic heterocycles. The number of aromatic nitrogens is 2. The normalized spacial score (nSPS) is 10.5. The Kier molecular flexibility index (Phi) is 6.37. The van der Waals surface area contributed by atoms with Crippen molar-refractivity contribution in [2.45, 2.75) is 19.3 Å². The van der Waals surface area contributed by atoms with Crippen molar-refractivity contribution in [3.8, 4) is 0 Å². The quantitative estimate of drug-likeness (QED) is 0.797. The molecule has 1 rings (SSSR count). The number of halogens is 1. The van der Waals surface area contributed by atoms with E-state index in [1.165, 1.54) is 0 Å². The van der Waals surface area contributed by atoms with Gasteiger partial charge in [0, 0.05) is 13.7 Å². The van der Waals surface area contributed by atoms with Gasteiger partial charge in [-0.15, -0.1) is 0 Å². The SMILES string of the molecule is CCNc1nc(CSC)nc(COC)c1I. The van der Waals surface area contributed by atoms with Crippen LogP contribution in [0, 0.1) is 3.57 Å². The van der Waals surface area contributed by atoms with Crippen molar-refractivity contribution in [2.75, 3.05) is 25.2 Å². The van der Waals surface area contributed by atoms with Crippen LogP contribution in [0.4, 0.5) is 5.82 Å². The Morgan fingerprint density at radius 3 is 2.75 bits per heavy atom. The van der Waals surface area contributed by atoms with Crippen LogP contribution in [0.5, 0.6) is 0 Å². The summed E-state index contributed by atoms with van der Waals surface area (Å²) in [5.41, 5.74) is 0.957. The molecule has 0 saturated carbocycles. The molecule has 0 radical (unpaired) electrons. The Balaban J connectivity index is 3.05. The third-order valence-electron chi connectivity index (χ3n) is 1.86. The molecular formula is C10H16IN3OS. The van der Waals surface area contributed by atoms with E-state index in [4.69, 9.17) is 4.74 Å². The fourth-order valence-corrected chi connectivity index (χ4v) is 2.23. The fraction of sp³-hybridized carbons (Fsp3) is 0.600. The third-order valence-corrected chi connectivity index (χ3v) is 3.55. The van der Waals surface area contributed by atoms with Crippen LogP contribution in [0.15, 0.2) is 0 Å². The zero-order chi connectivity index (χ0) is 12.0. The first-order chi connectivity index (χ1) is 7.72. The van der Waals surface area contributed by atoms with Gasteiger partial charge < -0.3 is 10.1 Å². The first kappa shape index (κ1) is 14.0. The second-order valence-electron chi connectivity index (χ2n) is 3.15. The molecule has 0 saturated heterocycles. The maximum Gasteiger partial charge on any atom is 0.143 e. The van der Waals surface area contributed by atoms with Crippen LogP contribution < -0.4 is 5.32 Å². The molecule has 0 aromatic carbocycles. The average Bonchev–Trinajstić information content (AvgIpc) is 2.26. The summed E-state index contributed by atoms with van der Waals surface area (Å²) in [4.78, 5) is 8.98. The molecular weight excluding hydrogens is 337 g/mol. The van der Waals surface area contributed by atoms with E-state index in [2.05, 4.69) is 44.8 Å². The average molecular weight is 353 g/mol. The zero-order valence-corrected chi connectivity index (χ0v) is 12.7. The summed E-state index contributed by atoms with van der Waals surface area (Å²) in [5, 5.41) is 3.25. The monoisotopic (exact) mass is 353 g/mol. The first-order valence-corrected chi connectivity index (χ1v) is 7.47. The van der Waals surface area contributed by atoms with Gasteiger partial charge in [-0.3, -0.25) is 0 Å². The van der Waals surface area contributed by atoms with E-state index in [-0.39, 0.29) is 0 Å². The molecule has 1 N–H and O–H groups in total. The second kappa shape index (κ2) is 7.29. The molecule has 16 heavy (non-hydrogen) atoms. The van der Waals surface area contributed by atoms with Crippen LogP contribution in [0.3, 0.4) is 0 Å². The predicted molar refractivity (Wildman–Crippen MR) is 76.8 cm³/mol. The first-order valence-electron chi connectivity index (χ1n) is 5.00. The summed E-state index contributed by atoms with van der Waals surface area (Å²) < 4.78 is 6.19. The lowest BCUT2D eigenvalue weighted by atomic mass is 10.4. The highest BCUT2D eigenvalue weighted by molar-refractivity contribution is 14.1. The van der Waals surface area contributed by atoms with Crippen molar-refractivity contribution in [2.24, 2.45) is 0 Å². The molecule has 0 aliphatic carbocycles. The molecule has 0 bridgehead atoms. The van der Waals surface area contributed by atoms with Gasteiger partial charge in [-0.1, -0.05) is 0 Å². The Bertz CT molecular complexity index is 322. The molecule has 0 aliphatic heterocycles. The standard InChI is InChI=1S/C10H16IN3OS/c1-4-12-10-9(11)7(5-15-2)13-8(14-10)6-16-3/h4-6H2,1-3H3,(H,12,13,14). The Morgan fingerprint density at radius 2 is 2.19 bits per heavy atom. The molecule has 90 valence electrons. The molecule has 0 spiro atoms. The summed E-state index contributed by atoms with van der Waals surface area (Å²) in [5.74, 6) is 2.59. The molecule has 0 amide bonds. The predicted octanol–water partition coefficient (Wildman–Crippen LogP) is 2.52. The van der Waals surface area contributed by atoms with E-state index in [0.717, 1.165) is 33.2 Å². The summed E-state index contributed by atoms with van der Waals surface area (Å²) in [6.07, 6.45) is 2.05. The molecule has 4 nitrogen and oxygen atoms in total. The summed E-state index contributed by atoms with van der Waals surface area (Å²) >= 11 is 3.98. The van der Waals surface area contributed by atoms with Gasteiger partial charge in [0.05, 0.1) is 21.6 Å². The topological polar surface area (TPSA) is 47.0 Å². The second-order valence-corrected chi connectivity index (χ2v) is 5.09. The zero-order valence-electron chi connectivity index (χ0n) is 9.71. The molecule has 0 unspecified atom stereocenters. The van der Waals surface area contributed by atoms with Crippen molar-refractivity contribution in [3.05, 3.63) is 15.1 Å². The van der Waals surface area contributed by atoms with Crippen molar-refractivity contribution < 1.29 is 4.74 Å². The maximum absolute atomic E-state index is 5.15. The maximum atomic E-state index is 5.15. The summed E-state index contributed by atoms with van der Waals surface area (Å²) in [7, 11) is 1.68.